The van der Waals surface area contributed by atoms with Crippen molar-refractivity contribution < 1.29 is 25.2 Å². The number of aromatic hydroxyl groups is 4. The molecule has 0 aliphatic carbocycles. The number of hydrogen-bond donors (Lipinski definition) is 4. The van der Waals surface area contributed by atoms with Gasteiger partial charge in [-0.1, -0.05) is 6.07 Å². The molecular formula is C14H14O5. The fourth-order valence-corrected chi connectivity index (χ4v) is 1.66. The van der Waals surface area contributed by atoms with Crippen molar-refractivity contribution in [3.8, 4) is 28.7 Å². The van der Waals surface area contributed by atoms with Gasteiger partial charge in [-0.2, -0.15) is 0 Å². The first-order chi connectivity index (χ1) is 8.97. The zero-order chi connectivity index (χ0) is 14.0. The molecule has 5 heteroatoms. The Morgan fingerprint density at radius 2 is 1.63 bits per heavy atom. The lowest BCUT2D eigenvalue weighted by Gasteiger charge is -2.10. The molecule has 2 rings (SSSR count). The summed E-state index contributed by atoms with van der Waals surface area (Å²) in [6, 6.07) is 7.31. The average Bonchev–Trinajstić information content (AvgIpc) is 2.36. The SMILES string of the molecule is Cc1cc(O)c(O)c(OCc2ccc(O)c(O)c2)c1. The van der Waals surface area contributed by atoms with E-state index in [0.717, 1.165) is 5.56 Å². The normalized spacial score (nSPS) is 10.4. The van der Waals surface area contributed by atoms with Gasteiger partial charge in [-0.3, -0.25) is 0 Å². The molecule has 5 nitrogen and oxygen atoms in total. The van der Waals surface area contributed by atoms with Crippen molar-refractivity contribution in [1.29, 1.82) is 0 Å². The zero-order valence-corrected chi connectivity index (χ0v) is 10.3. The van der Waals surface area contributed by atoms with E-state index in [1.165, 1.54) is 18.2 Å². The topological polar surface area (TPSA) is 90.2 Å². The molecule has 4 N–H and O–H groups in total. The van der Waals surface area contributed by atoms with E-state index < -0.39 is 0 Å². The molecule has 0 aromatic heterocycles. The van der Waals surface area contributed by atoms with Crippen molar-refractivity contribution in [2.75, 3.05) is 0 Å². The van der Waals surface area contributed by atoms with Gasteiger partial charge in [0.2, 0.25) is 5.75 Å². The molecule has 0 aliphatic rings. The Morgan fingerprint density at radius 1 is 0.895 bits per heavy atom. The first-order valence-electron chi connectivity index (χ1n) is 5.63. The molecule has 0 radical (unpaired) electrons. The number of benzene rings is 2. The van der Waals surface area contributed by atoms with E-state index >= 15 is 0 Å². The summed E-state index contributed by atoms with van der Waals surface area (Å²) in [6.07, 6.45) is 0. The molecule has 0 heterocycles. The Hall–Kier alpha value is -2.56. The van der Waals surface area contributed by atoms with Crippen LogP contribution in [0, 0.1) is 6.92 Å². The van der Waals surface area contributed by atoms with Crippen molar-refractivity contribution in [2.24, 2.45) is 0 Å². The number of aryl methyl sites for hydroxylation is 1. The molecule has 0 amide bonds. The molecule has 2 aromatic carbocycles. The van der Waals surface area contributed by atoms with Crippen molar-refractivity contribution in [2.45, 2.75) is 13.5 Å². The third-order valence-corrected chi connectivity index (χ3v) is 2.63. The van der Waals surface area contributed by atoms with Crippen molar-refractivity contribution >= 4 is 0 Å². The molecule has 0 saturated heterocycles. The quantitative estimate of drug-likeness (QED) is 0.638. The molecule has 100 valence electrons. The fraction of sp³-hybridized carbons (Fsp3) is 0.143. The third kappa shape index (κ3) is 2.82. The second kappa shape index (κ2) is 4.97. The lowest BCUT2D eigenvalue weighted by Crippen LogP contribution is -1.96. The first-order valence-corrected chi connectivity index (χ1v) is 5.63. The molecule has 0 aliphatic heterocycles. The van der Waals surface area contributed by atoms with Gasteiger partial charge in [0.15, 0.2) is 23.0 Å². The highest BCUT2D eigenvalue weighted by molar-refractivity contribution is 5.51. The predicted octanol–water partition coefficient (Wildman–Crippen LogP) is 2.40. The first kappa shape index (κ1) is 12.9. The molecule has 0 unspecified atom stereocenters. The van der Waals surface area contributed by atoms with Gasteiger partial charge < -0.3 is 25.2 Å². The molecule has 0 bridgehead atoms. The van der Waals surface area contributed by atoms with E-state index in [0.29, 0.717) is 5.56 Å². The Morgan fingerprint density at radius 3 is 2.32 bits per heavy atom. The summed E-state index contributed by atoms with van der Waals surface area (Å²) in [5.74, 6) is -0.862. The Labute approximate surface area is 110 Å². The van der Waals surface area contributed by atoms with Crippen LogP contribution in [0.4, 0.5) is 0 Å². The van der Waals surface area contributed by atoms with Gasteiger partial charge >= 0.3 is 0 Å². The van der Waals surface area contributed by atoms with Crippen LogP contribution in [-0.2, 0) is 6.61 Å². The van der Waals surface area contributed by atoms with Crippen LogP contribution < -0.4 is 4.74 Å². The lowest BCUT2D eigenvalue weighted by atomic mass is 10.2. The molecular weight excluding hydrogens is 248 g/mol. The number of phenolic OH excluding ortho intramolecular Hbond substituents is 4. The smallest absolute Gasteiger partial charge is 0.200 e. The maximum Gasteiger partial charge on any atom is 0.200 e. The molecule has 0 fully saturated rings. The maximum atomic E-state index is 9.63. The number of hydrogen-bond acceptors (Lipinski definition) is 5. The summed E-state index contributed by atoms with van der Waals surface area (Å²) < 4.78 is 5.38. The number of rotatable bonds is 3. The van der Waals surface area contributed by atoms with Crippen LogP contribution in [0.25, 0.3) is 0 Å². The van der Waals surface area contributed by atoms with Crippen molar-refractivity contribution in [1.82, 2.24) is 0 Å². The van der Waals surface area contributed by atoms with E-state index in [9.17, 15) is 20.4 Å². The van der Waals surface area contributed by atoms with Gasteiger partial charge in [0.1, 0.15) is 6.61 Å². The van der Waals surface area contributed by atoms with Crippen LogP contribution in [0.15, 0.2) is 30.3 Å². The average molecular weight is 262 g/mol. The van der Waals surface area contributed by atoms with E-state index in [1.807, 2.05) is 0 Å². The molecule has 0 atom stereocenters. The second-order valence-corrected chi connectivity index (χ2v) is 4.24. The molecule has 2 aromatic rings. The predicted molar refractivity (Wildman–Crippen MR) is 68.6 cm³/mol. The van der Waals surface area contributed by atoms with Crippen LogP contribution >= 0.6 is 0 Å². The molecule has 0 saturated carbocycles. The van der Waals surface area contributed by atoms with E-state index in [2.05, 4.69) is 0 Å². The Bertz CT molecular complexity index is 607. The monoisotopic (exact) mass is 262 g/mol. The van der Waals surface area contributed by atoms with Crippen LogP contribution in [0.2, 0.25) is 0 Å². The largest absolute Gasteiger partial charge is 0.504 e. The minimum absolute atomic E-state index is 0.0876. The highest BCUT2D eigenvalue weighted by Gasteiger charge is 2.09. The van der Waals surface area contributed by atoms with Gasteiger partial charge in [0.05, 0.1) is 0 Å². The summed E-state index contributed by atoms with van der Waals surface area (Å²) in [5, 5.41) is 37.6. The molecule has 0 spiro atoms. The van der Waals surface area contributed by atoms with Crippen LogP contribution in [0.1, 0.15) is 11.1 Å². The van der Waals surface area contributed by atoms with Gasteiger partial charge in [-0.15, -0.1) is 0 Å². The summed E-state index contributed by atoms with van der Waals surface area (Å²) in [4.78, 5) is 0. The van der Waals surface area contributed by atoms with Gasteiger partial charge in [-0.25, -0.2) is 0 Å². The third-order valence-electron chi connectivity index (χ3n) is 2.63. The summed E-state index contributed by atoms with van der Waals surface area (Å²) in [7, 11) is 0. The van der Waals surface area contributed by atoms with Crippen molar-refractivity contribution in [3.05, 3.63) is 41.5 Å². The summed E-state index contributed by atoms with van der Waals surface area (Å²) in [5.41, 5.74) is 1.37. The summed E-state index contributed by atoms with van der Waals surface area (Å²) >= 11 is 0. The van der Waals surface area contributed by atoms with E-state index in [-0.39, 0.29) is 35.4 Å². The van der Waals surface area contributed by atoms with Crippen molar-refractivity contribution in [3.63, 3.8) is 0 Å². The zero-order valence-electron chi connectivity index (χ0n) is 10.3. The minimum Gasteiger partial charge on any atom is -0.504 e. The van der Waals surface area contributed by atoms with Gasteiger partial charge in [-0.05, 0) is 42.3 Å². The highest BCUT2D eigenvalue weighted by atomic mass is 16.5. The summed E-state index contributed by atoms with van der Waals surface area (Å²) in [6.45, 7) is 1.85. The fourth-order valence-electron chi connectivity index (χ4n) is 1.66. The Balaban J connectivity index is 2.16. The minimum atomic E-state index is -0.325. The maximum absolute atomic E-state index is 9.63. The standard InChI is InChI=1S/C14H14O5/c1-8-4-12(17)14(18)13(5-8)19-7-9-2-3-10(15)11(16)6-9/h2-6,15-18H,7H2,1H3. The Kier molecular flexibility index (Phi) is 3.37. The number of phenols is 4. The van der Waals surface area contributed by atoms with Gasteiger partial charge in [0.25, 0.3) is 0 Å². The lowest BCUT2D eigenvalue weighted by molar-refractivity contribution is 0.282. The highest BCUT2D eigenvalue weighted by Crippen LogP contribution is 2.37. The van der Waals surface area contributed by atoms with Crippen LogP contribution in [0.5, 0.6) is 28.7 Å². The van der Waals surface area contributed by atoms with Crippen LogP contribution in [0.3, 0.4) is 0 Å². The second-order valence-electron chi connectivity index (χ2n) is 4.24. The van der Waals surface area contributed by atoms with Crippen LogP contribution in [-0.4, -0.2) is 20.4 Å². The van der Waals surface area contributed by atoms with E-state index in [4.69, 9.17) is 4.74 Å². The van der Waals surface area contributed by atoms with E-state index in [1.54, 1.807) is 19.1 Å². The van der Waals surface area contributed by atoms with Gasteiger partial charge in [0, 0.05) is 0 Å². The molecule has 19 heavy (non-hydrogen) atoms. The number of ether oxygens (including phenoxy) is 1.